The van der Waals surface area contributed by atoms with Gasteiger partial charge in [0.25, 0.3) is 5.69 Å². The van der Waals surface area contributed by atoms with Crippen molar-refractivity contribution >= 4 is 17.4 Å². The Kier molecular flexibility index (Phi) is 4.47. The molecular formula is C24H23N5O3. The predicted molar refractivity (Wildman–Crippen MR) is 120 cm³/mol. The van der Waals surface area contributed by atoms with Crippen molar-refractivity contribution < 1.29 is 9.72 Å². The van der Waals surface area contributed by atoms with E-state index in [2.05, 4.69) is 19.2 Å². The largest absolute Gasteiger partial charge is 0.328 e. The second-order valence-electron chi connectivity index (χ2n) is 9.23. The molecule has 0 radical (unpaired) electrons. The van der Waals surface area contributed by atoms with E-state index in [1.54, 1.807) is 16.8 Å². The molecule has 0 fully saturated rings. The minimum atomic E-state index is -0.490. The summed E-state index contributed by atoms with van der Waals surface area (Å²) in [5.74, 6) is 1.20. The van der Waals surface area contributed by atoms with Gasteiger partial charge in [-0.25, -0.2) is 4.68 Å². The van der Waals surface area contributed by atoms with Crippen LogP contribution in [-0.2, 0) is 4.79 Å². The number of aryl methyl sites for hydroxylation is 1. The number of allylic oxidation sites excluding steroid dienone is 2. The molecule has 162 valence electrons. The Morgan fingerprint density at radius 1 is 1.12 bits per heavy atom. The molecule has 2 aromatic carbocycles. The van der Waals surface area contributed by atoms with Gasteiger partial charge in [0.2, 0.25) is 5.95 Å². The molecule has 3 aromatic rings. The zero-order valence-electron chi connectivity index (χ0n) is 18.1. The van der Waals surface area contributed by atoms with Crippen molar-refractivity contribution in [2.24, 2.45) is 5.41 Å². The Hall–Kier alpha value is -3.81. The predicted octanol–water partition coefficient (Wildman–Crippen LogP) is 4.82. The number of nitrogens with zero attached hydrogens (tertiary/aromatic N) is 4. The van der Waals surface area contributed by atoms with Crippen LogP contribution >= 0.6 is 0 Å². The van der Waals surface area contributed by atoms with Crippen LogP contribution in [0.4, 0.5) is 11.6 Å². The van der Waals surface area contributed by atoms with Crippen LogP contribution in [0.1, 0.15) is 43.9 Å². The molecule has 32 heavy (non-hydrogen) atoms. The van der Waals surface area contributed by atoms with Gasteiger partial charge < -0.3 is 5.32 Å². The van der Waals surface area contributed by atoms with E-state index in [1.165, 1.54) is 12.1 Å². The lowest BCUT2D eigenvalue weighted by molar-refractivity contribution is -0.384. The van der Waals surface area contributed by atoms with Crippen LogP contribution in [0.25, 0.3) is 11.4 Å². The summed E-state index contributed by atoms with van der Waals surface area (Å²) in [4.78, 5) is 28.7. The fourth-order valence-electron chi connectivity index (χ4n) is 4.63. The lowest BCUT2D eigenvalue weighted by Gasteiger charge is -2.38. The van der Waals surface area contributed by atoms with Gasteiger partial charge in [0.05, 0.1) is 4.92 Å². The van der Waals surface area contributed by atoms with Crippen molar-refractivity contribution in [3.63, 3.8) is 0 Å². The molecule has 1 aromatic heterocycles. The second kappa shape index (κ2) is 7.12. The van der Waals surface area contributed by atoms with E-state index in [1.807, 2.05) is 31.2 Å². The monoisotopic (exact) mass is 429 g/mol. The van der Waals surface area contributed by atoms with E-state index in [9.17, 15) is 14.9 Å². The number of nitro benzene ring substituents is 1. The summed E-state index contributed by atoms with van der Waals surface area (Å²) in [5.41, 5.74) is 4.09. The second-order valence-corrected chi connectivity index (χ2v) is 9.23. The molecule has 5 rings (SSSR count). The molecule has 2 aliphatic rings. The van der Waals surface area contributed by atoms with E-state index in [0.29, 0.717) is 30.2 Å². The average molecular weight is 429 g/mol. The normalized spacial score (nSPS) is 19.2. The highest BCUT2D eigenvalue weighted by Gasteiger charge is 2.42. The van der Waals surface area contributed by atoms with Crippen molar-refractivity contribution in [1.29, 1.82) is 0 Å². The number of nitro groups is 1. The van der Waals surface area contributed by atoms with Crippen LogP contribution in [0.3, 0.4) is 0 Å². The first kappa shape index (κ1) is 20.1. The summed E-state index contributed by atoms with van der Waals surface area (Å²) >= 11 is 0. The number of fused-ring (bicyclic) bond motifs is 1. The Morgan fingerprint density at radius 2 is 1.84 bits per heavy atom. The molecule has 8 nitrogen and oxygen atoms in total. The van der Waals surface area contributed by atoms with Gasteiger partial charge in [-0.3, -0.25) is 14.9 Å². The molecule has 8 heteroatoms. The lowest BCUT2D eigenvalue weighted by Crippen LogP contribution is -2.36. The summed E-state index contributed by atoms with van der Waals surface area (Å²) < 4.78 is 1.73. The number of hydrogen-bond donors (Lipinski definition) is 1. The van der Waals surface area contributed by atoms with Crippen LogP contribution < -0.4 is 5.32 Å². The number of aromatic nitrogens is 3. The third-order valence-electron chi connectivity index (χ3n) is 6.14. The van der Waals surface area contributed by atoms with Crippen molar-refractivity contribution in [2.45, 2.75) is 39.7 Å². The maximum atomic E-state index is 13.3. The SMILES string of the molecule is Cc1ccccc1-c1nc2n(n1)C(c1ccc([N+](=O)[O-])cc1)C1=C(CC(C)(C)CC1=O)N2. The van der Waals surface area contributed by atoms with Crippen LogP contribution in [0.15, 0.2) is 59.8 Å². The van der Waals surface area contributed by atoms with Crippen LogP contribution in [0.5, 0.6) is 0 Å². The van der Waals surface area contributed by atoms with Gasteiger partial charge in [0, 0.05) is 35.4 Å². The van der Waals surface area contributed by atoms with Crippen LogP contribution in [0, 0.1) is 22.5 Å². The van der Waals surface area contributed by atoms with E-state index in [4.69, 9.17) is 10.1 Å². The summed E-state index contributed by atoms with van der Waals surface area (Å²) in [6.45, 7) is 6.16. The van der Waals surface area contributed by atoms with Gasteiger partial charge in [0.1, 0.15) is 6.04 Å². The maximum Gasteiger partial charge on any atom is 0.269 e. The highest BCUT2D eigenvalue weighted by atomic mass is 16.6. The van der Waals surface area contributed by atoms with Gasteiger partial charge in [-0.2, -0.15) is 4.98 Å². The molecule has 1 aliphatic carbocycles. The number of anilines is 1. The number of Topliss-reactive ketones (excluding diaryl/α,β-unsaturated/α-hetero) is 1. The zero-order chi connectivity index (χ0) is 22.6. The number of non-ortho nitro benzene ring substituents is 1. The molecule has 0 saturated heterocycles. The number of carbonyl (C=O) groups is 1. The molecular weight excluding hydrogens is 406 g/mol. The molecule has 0 bridgehead atoms. The van der Waals surface area contributed by atoms with Crippen molar-refractivity contribution in [1.82, 2.24) is 14.8 Å². The Balaban J connectivity index is 1.68. The average Bonchev–Trinajstić information content (AvgIpc) is 3.15. The number of nitrogens with one attached hydrogen (secondary N) is 1. The fraction of sp³-hybridized carbons (Fsp3) is 0.292. The molecule has 1 unspecified atom stereocenters. The van der Waals surface area contributed by atoms with E-state index >= 15 is 0 Å². The zero-order valence-corrected chi connectivity index (χ0v) is 18.1. The standard InChI is InChI=1S/C24H23N5O3/c1-14-6-4-5-7-17(14)22-26-23-25-18-12-24(2,3)13-19(30)20(18)21(28(23)27-22)15-8-10-16(11-9-15)29(31)32/h4-11,21H,12-13H2,1-3H3,(H,25,26,27). The van der Waals surface area contributed by atoms with Gasteiger partial charge in [-0.15, -0.1) is 5.10 Å². The highest BCUT2D eigenvalue weighted by Crippen LogP contribution is 2.45. The van der Waals surface area contributed by atoms with E-state index in [0.717, 1.165) is 22.4 Å². The molecule has 1 atom stereocenters. The minimum absolute atomic E-state index is 0.00686. The van der Waals surface area contributed by atoms with E-state index < -0.39 is 11.0 Å². The summed E-state index contributed by atoms with van der Waals surface area (Å²) in [7, 11) is 0. The van der Waals surface area contributed by atoms with Crippen LogP contribution in [0.2, 0.25) is 0 Å². The molecule has 1 N–H and O–H groups in total. The van der Waals surface area contributed by atoms with Gasteiger partial charge in [-0.05, 0) is 42.0 Å². The minimum Gasteiger partial charge on any atom is -0.328 e. The lowest BCUT2D eigenvalue weighted by atomic mass is 9.73. The summed E-state index contributed by atoms with van der Waals surface area (Å²) in [6.07, 6.45) is 1.15. The summed E-state index contributed by atoms with van der Waals surface area (Å²) in [6, 6.07) is 13.7. The first-order chi connectivity index (χ1) is 15.2. The molecule has 1 aliphatic heterocycles. The molecule has 2 heterocycles. The fourth-order valence-corrected chi connectivity index (χ4v) is 4.63. The van der Waals surface area contributed by atoms with Crippen molar-refractivity contribution in [3.05, 3.63) is 81.0 Å². The Morgan fingerprint density at radius 3 is 2.53 bits per heavy atom. The maximum absolute atomic E-state index is 13.3. The van der Waals surface area contributed by atoms with Crippen molar-refractivity contribution in [3.8, 4) is 11.4 Å². The quantitative estimate of drug-likeness (QED) is 0.473. The number of ketones is 1. The number of carbonyl (C=O) groups excluding carboxylic acids is 1. The van der Waals surface area contributed by atoms with Gasteiger partial charge in [0.15, 0.2) is 11.6 Å². The van der Waals surface area contributed by atoms with Crippen LogP contribution in [-0.4, -0.2) is 25.5 Å². The third-order valence-corrected chi connectivity index (χ3v) is 6.14. The molecule has 0 spiro atoms. The number of benzene rings is 2. The highest BCUT2D eigenvalue weighted by molar-refractivity contribution is 6.00. The first-order valence-electron chi connectivity index (χ1n) is 10.5. The molecule has 0 saturated carbocycles. The van der Waals surface area contributed by atoms with E-state index in [-0.39, 0.29) is 16.9 Å². The van der Waals surface area contributed by atoms with Gasteiger partial charge in [-0.1, -0.05) is 38.1 Å². The first-order valence-corrected chi connectivity index (χ1v) is 10.5. The molecule has 0 amide bonds. The topological polar surface area (TPSA) is 103 Å². The smallest absolute Gasteiger partial charge is 0.269 e. The number of rotatable bonds is 3. The summed E-state index contributed by atoms with van der Waals surface area (Å²) in [5, 5.41) is 19.3. The van der Waals surface area contributed by atoms with Gasteiger partial charge >= 0.3 is 0 Å². The Labute approximate surface area is 185 Å². The Bertz CT molecular complexity index is 1290. The number of hydrogen-bond acceptors (Lipinski definition) is 6. The van der Waals surface area contributed by atoms with Crippen molar-refractivity contribution in [2.75, 3.05) is 5.32 Å². The third kappa shape index (κ3) is 3.28.